The summed E-state index contributed by atoms with van der Waals surface area (Å²) in [6.07, 6.45) is 0. The molecule has 0 aliphatic rings. The Morgan fingerprint density at radius 2 is 2.69 bits per heavy atom. The Labute approximate surface area is 84.7 Å². The highest BCUT2D eigenvalue weighted by Gasteiger charge is 2.01. The molecule has 13 heavy (non-hydrogen) atoms. The average Bonchev–Trinajstić information content (AvgIpc) is 2.48. The highest BCUT2D eigenvalue weighted by atomic mass is 32.1. The van der Waals surface area contributed by atoms with E-state index in [1.165, 1.54) is 18.3 Å². The van der Waals surface area contributed by atoms with Crippen LogP contribution in [0.4, 0.5) is 5.13 Å². The van der Waals surface area contributed by atoms with Crippen molar-refractivity contribution >= 4 is 39.8 Å². The van der Waals surface area contributed by atoms with Gasteiger partial charge in [-0.1, -0.05) is 0 Å². The van der Waals surface area contributed by atoms with Crippen LogP contribution in [0.2, 0.25) is 0 Å². The van der Waals surface area contributed by atoms with Crippen molar-refractivity contribution in [3.05, 3.63) is 11.1 Å². The van der Waals surface area contributed by atoms with Gasteiger partial charge in [0.05, 0.1) is 17.4 Å². The molecule has 1 aromatic rings. The lowest BCUT2D eigenvalue weighted by atomic mass is 10.5. The Kier molecular flexibility index (Phi) is 3.70. The van der Waals surface area contributed by atoms with Crippen molar-refractivity contribution in [1.29, 1.82) is 0 Å². The van der Waals surface area contributed by atoms with Crippen LogP contribution in [0.1, 0.15) is 12.6 Å². The van der Waals surface area contributed by atoms with Crippen molar-refractivity contribution in [2.45, 2.75) is 13.5 Å². The van der Waals surface area contributed by atoms with Crippen molar-refractivity contribution in [3.8, 4) is 0 Å². The molecule has 0 fully saturated rings. The van der Waals surface area contributed by atoms with E-state index >= 15 is 0 Å². The first-order valence-electron chi connectivity index (χ1n) is 3.48. The van der Waals surface area contributed by atoms with Crippen LogP contribution in [0.25, 0.3) is 0 Å². The predicted molar refractivity (Wildman–Crippen MR) is 55.1 cm³/mol. The normalized spacial score (nSPS) is 9.00. The van der Waals surface area contributed by atoms with Gasteiger partial charge < -0.3 is 5.32 Å². The fourth-order valence-corrected chi connectivity index (χ4v) is 1.51. The number of carbonyl (C=O) groups is 1. The number of anilines is 1. The first kappa shape index (κ1) is 9.98. The van der Waals surface area contributed by atoms with Gasteiger partial charge in [-0.15, -0.1) is 11.3 Å². The van der Waals surface area contributed by atoms with Crippen molar-refractivity contribution in [3.63, 3.8) is 0 Å². The molecular weight excluding hydrogens is 206 g/mol. The molecule has 1 N–H and O–H groups in total. The van der Waals surface area contributed by atoms with Gasteiger partial charge in [-0.2, -0.15) is 0 Å². The topological polar surface area (TPSA) is 54.4 Å². The lowest BCUT2D eigenvalue weighted by Gasteiger charge is -1.92. The molecule has 0 aliphatic heterocycles. The number of amides is 1. The highest BCUT2D eigenvalue weighted by molar-refractivity contribution is 7.78. The van der Waals surface area contributed by atoms with Gasteiger partial charge >= 0.3 is 0 Å². The molecule has 0 unspecified atom stereocenters. The minimum absolute atomic E-state index is 0.126. The number of nitrogens with one attached hydrogen (secondary N) is 1. The quantitative estimate of drug-likeness (QED) is 0.614. The summed E-state index contributed by atoms with van der Waals surface area (Å²) >= 11 is 5.78. The maximum absolute atomic E-state index is 10.6. The first-order valence-corrected chi connectivity index (χ1v) is 4.77. The standard InChI is InChI=1S/C7H7N3OS2/c1-5(11)9-7-10-6(3-13-7)2-8-4-12/h3H,2H2,1H3,(H,9,10,11). The molecule has 0 spiro atoms. The van der Waals surface area contributed by atoms with Crippen molar-refractivity contribution < 1.29 is 4.79 Å². The van der Waals surface area contributed by atoms with E-state index in [0.29, 0.717) is 11.7 Å². The van der Waals surface area contributed by atoms with Crippen LogP contribution < -0.4 is 5.32 Å². The van der Waals surface area contributed by atoms with E-state index in [2.05, 4.69) is 32.7 Å². The Morgan fingerprint density at radius 3 is 3.31 bits per heavy atom. The predicted octanol–water partition coefficient (Wildman–Crippen LogP) is 1.70. The molecule has 6 heteroatoms. The first-order chi connectivity index (χ1) is 6.22. The number of nitrogens with zero attached hydrogens (tertiary/aromatic N) is 2. The zero-order valence-corrected chi connectivity index (χ0v) is 8.54. The maximum atomic E-state index is 10.6. The van der Waals surface area contributed by atoms with E-state index in [1.54, 1.807) is 0 Å². The molecular formula is C7H7N3OS2. The largest absolute Gasteiger partial charge is 0.302 e. The molecule has 0 atom stereocenters. The number of rotatable bonds is 3. The van der Waals surface area contributed by atoms with Gasteiger partial charge in [0.1, 0.15) is 0 Å². The molecule has 0 saturated heterocycles. The molecule has 1 heterocycles. The monoisotopic (exact) mass is 213 g/mol. The van der Waals surface area contributed by atoms with Gasteiger partial charge in [-0.05, 0) is 12.2 Å². The Hall–Kier alpha value is -1.10. The van der Waals surface area contributed by atoms with Crippen LogP contribution >= 0.6 is 23.6 Å². The molecule has 0 bridgehead atoms. The number of thiazole rings is 1. The van der Waals surface area contributed by atoms with Crippen molar-refractivity contribution in [2.75, 3.05) is 5.32 Å². The second-order valence-corrected chi connectivity index (χ2v) is 3.27. The third kappa shape index (κ3) is 3.42. The Bertz CT molecular complexity index is 336. The zero-order chi connectivity index (χ0) is 9.68. The van der Waals surface area contributed by atoms with Gasteiger partial charge in [0.15, 0.2) is 5.13 Å². The molecule has 0 radical (unpaired) electrons. The number of hydrogen-bond donors (Lipinski definition) is 1. The van der Waals surface area contributed by atoms with E-state index in [0.717, 1.165) is 5.69 Å². The summed E-state index contributed by atoms with van der Waals surface area (Å²) in [7, 11) is 0. The number of thiocarbonyl (C=S) groups is 1. The van der Waals surface area contributed by atoms with Crippen molar-refractivity contribution in [2.24, 2.45) is 4.99 Å². The summed E-state index contributed by atoms with van der Waals surface area (Å²) in [4.78, 5) is 18.5. The second kappa shape index (κ2) is 4.81. The van der Waals surface area contributed by atoms with Crippen LogP contribution in [0.3, 0.4) is 0 Å². The number of isothiocyanates is 1. The third-order valence-electron chi connectivity index (χ3n) is 1.14. The van der Waals surface area contributed by atoms with Crippen LogP contribution in [-0.2, 0) is 11.3 Å². The molecule has 0 saturated carbocycles. The lowest BCUT2D eigenvalue weighted by Crippen LogP contribution is -2.05. The van der Waals surface area contributed by atoms with Gasteiger partial charge in [0.25, 0.3) is 0 Å². The lowest BCUT2D eigenvalue weighted by molar-refractivity contribution is -0.114. The van der Waals surface area contributed by atoms with Gasteiger partial charge in [-0.3, -0.25) is 4.79 Å². The van der Waals surface area contributed by atoms with Crippen molar-refractivity contribution in [1.82, 2.24) is 4.98 Å². The molecule has 1 rings (SSSR count). The van der Waals surface area contributed by atoms with E-state index in [1.807, 2.05) is 5.38 Å². The summed E-state index contributed by atoms with van der Waals surface area (Å²) in [5.41, 5.74) is 0.783. The molecule has 1 amide bonds. The summed E-state index contributed by atoms with van der Waals surface area (Å²) in [6, 6.07) is 0. The van der Waals surface area contributed by atoms with Crippen LogP contribution in [-0.4, -0.2) is 16.1 Å². The number of carbonyl (C=O) groups excluding carboxylic acids is 1. The molecule has 4 nitrogen and oxygen atoms in total. The SMILES string of the molecule is CC(=O)Nc1nc(CN=C=S)cs1. The molecule has 68 valence electrons. The minimum atomic E-state index is -0.126. The average molecular weight is 213 g/mol. The zero-order valence-electron chi connectivity index (χ0n) is 6.90. The highest BCUT2D eigenvalue weighted by Crippen LogP contribution is 2.15. The molecule has 0 aromatic carbocycles. The Morgan fingerprint density at radius 1 is 1.92 bits per heavy atom. The van der Waals surface area contributed by atoms with Crippen LogP contribution in [0.15, 0.2) is 10.4 Å². The fourth-order valence-electron chi connectivity index (χ4n) is 0.701. The summed E-state index contributed by atoms with van der Waals surface area (Å²) in [5.74, 6) is -0.126. The van der Waals surface area contributed by atoms with Gasteiger partial charge in [0.2, 0.25) is 5.91 Å². The van der Waals surface area contributed by atoms with Gasteiger partial charge in [0, 0.05) is 12.3 Å². The van der Waals surface area contributed by atoms with Crippen LogP contribution in [0, 0.1) is 0 Å². The molecule has 0 aliphatic carbocycles. The van der Waals surface area contributed by atoms with Crippen LogP contribution in [0.5, 0.6) is 0 Å². The Balaban J connectivity index is 2.63. The molecule has 1 aromatic heterocycles. The van der Waals surface area contributed by atoms with E-state index in [-0.39, 0.29) is 5.91 Å². The fraction of sp³-hybridized carbons (Fsp3) is 0.286. The van der Waals surface area contributed by atoms with E-state index < -0.39 is 0 Å². The minimum Gasteiger partial charge on any atom is -0.302 e. The summed E-state index contributed by atoms with van der Waals surface area (Å²) < 4.78 is 0. The summed E-state index contributed by atoms with van der Waals surface area (Å²) in [6.45, 7) is 1.86. The third-order valence-corrected chi connectivity index (χ3v) is 2.08. The number of aliphatic imine (C=N–C) groups is 1. The van der Waals surface area contributed by atoms with E-state index in [4.69, 9.17) is 0 Å². The van der Waals surface area contributed by atoms with Gasteiger partial charge in [-0.25, -0.2) is 9.98 Å². The smallest absolute Gasteiger partial charge is 0.223 e. The maximum Gasteiger partial charge on any atom is 0.223 e. The second-order valence-electron chi connectivity index (χ2n) is 2.23. The summed E-state index contributed by atoms with van der Waals surface area (Å²) in [5, 5.41) is 7.24. The number of aromatic nitrogens is 1. The number of hydrogen-bond acceptors (Lipinski definition) is 5. The van der Waals surface area contributed by atoms with E-state index in [9.17, 15) is 4.79 Å².